The molecule has 3 aromatic rings. The zero-order valence-corrected chi connectivity index (χ0v) is 15.9. The van der Waals surface area contributed by atoms with Crippen molar-refractivity contribution in [2.75, 3.05) is 0 Å². The predicted molar refractivity (Wildman–Crippen MR) is 103 cm³/mol. The van der Waals surface area contributed by atoms with Crippen molar-refractivity contribution in [3.8, 4) is 5.75 Å². The van der Waals surface area contributed by atoms with Crippen molar-refractivity contribution in [2.24, 2.45) is 0 Å². The summed E-state index contributed by atoms with van der Waals surface area (Å²) < 4.78 is 37.4. The highest BCUT2D eigenvalue weighted by molar-refractivity contribution is 7.89. The van der Waals surface area contributed by atoms with Gasteiger partial charge in [-0.05, 0) is 17.7 Å². The topological polar surface area (TPSA) is 123 Å². The molecule has 0 unspecified atom stereocenters. The first-order valence-corrected chi connectivity index (χ1v) is 9.97. The van der Waals surface area contributed by atoms with Gasteiger partial charge in [0, 0.05) is 6.07 Å². The van der Waals surface area contributed by atoms with E-state index in [-0.39, 0.29) is 17.3 Å². The van der Waals surface area contributed by atoms with Crippen molar-refractivity contribution in [1.29, 1.82) is 0 Å². The molecule has 3 rings (SSSR count). The third-order valence-electron chi connectivity index (χ3n) is 3.87. The third kappa shape index (κ3) is 5.09. The lowest BCUT2D eigenvalue weighted by Crippen LogP contribution is -2.24. The maximum atomic E-state index is 12.4. The number of hydrogen-bond acceptors (Lipinski definition) is 6. The Bertz CT molecular complexity index is 1160. The zero-order chi connectivity index (χ0) is 20.9. The quantitative estimate of drug-likeness (QED) is 0.579. The van der Waals surface area contributed by atoms with Gasteiger partial charge < -0.3 is 14.3 Å². The number of benzene rings is 2. The fraction of sp³-hybridized carbons (Fsp3) is 0.100. The molecule has 0 atom stereocenters. The van der Waals surface area contributed by atoms with Gasteiger partial charge >= 0.3 is 5.97 Å². The predicted octanol–water partition coefficient (Wildman–Crippen LogP) is 2.40. The summed E-state index contributed by atoms with van der Waals surface area (Å²) in [6, 6.07) is 17.5. The Hall–Kier alpha value is -3.43. The van der Waals surface area contributed by atoms with E-state index in [0.29, 0.717) is 0 Å². The lowest BCUT2D eigenvalue weighted by molar-refractivity contribution is 0.0647. The molecule has 0 aliphatic rings. The highest BCUT2D eigenvalue weighted by Crippen LogP contribution is 2.18. The fourth-order valence-corrected chi connectivity index (χ4v) is 3.49. The molecule has 2 aromatic carbocycles. The van der Waals surface area contributed by atoms with Crippen LogP contribution in [-0.4, -0.2) is 19.5 Å². The van der Waals surface area contributed by atoms with Gasteiger partial charge in [0.05, 0.1) is 11.4 Å². The van der Waals surface area contributed by atoms with Crippen LogP contribution in [0.4, 0.5) is 0 Å². The van der Waals surface area contributed by atoms with Crippen LogP contribution in [0, 0.1) is 0 Å². The Morgan fingerprint density at radius 2 is 1.66 bits per heavy atom. The van der Waals surface area contributed by atoms with Crippen molar-refractivity contribution in [3.63, 3.8) is 0 Å². The summed E-state index contributed by atoms with van der Waals surface area (Å²) in [7, 11) is -3.85. The van der Waals surface area contributed by atoms with Crippen molar-refractivity contribution >= 4 is 16.0 Å². The van der Waals surface area contributed by atoms with Crippen molar-refractivity contribution in [1.82, 2.24) is 4.72 Å². The molecule has 1 heterocycles. The molecule has 0 saturated heterocycles. The second-order valence-corrected chi connectivity index (χ2v) is 7.72. The van der Waals surface area contributed by atoms with Gasteiger partial charge in [-0.2, -0.15) is 0 Å². The van der Waals surface area contributed by atoms with Gasteiger partial charge in [0.2, 0.25) is 21.2 Å². The zero-order valence-electron chi connectivity index (χ0n) is 15.1. The molecular formula is C20H17NO7S. The summed E-state index contributed by atoms with van der Waals surface area (Å²) in [6.45, 7) is -0.419. The normalized spacial score (nSPS) is 11.2. The number of sulfonamides is 1. The molecule has 29 heavy (non-hydrogen) atoms. The molecule has 0 radical (unpaired) electrons. The number of carbonyl (C=O) groups is 1. The number of carboxylic acid groups (broad SMARTS) is 1. The number of nitrogens with one attached hydrogen (secondary N) is 1. The van der Waals surface area contributed by atoms with Crippen molar-refractivity contribution < 1.29 is 27.5 Å². The number of aromatic carboxylic acids is 1. The highest BCUT2D eigenvalue weighted by Gasteiger charge is 2.21. The minimum atomic E-state index is -3.85. The van der Waals surface area contributed by atoms with E-state index < -0.39 is 39.5 Å². The van der Waals surface area contributed by atoms with E-state index in [9.17, 15) is 23.1 Å². The molecule has 8 nitrogen and oxygen atoms in total. The lowest BCUT2D eigenvalue weighted by atomic mass is 10.2. The van der Waals surface area contributed by atoms with E-state index in [0.717, 1.165) is 11.6 Å². The number of rotatable bonds is 8. The van der Waals surface area contributed by atoms with Crippen LogP contribution in [0.1, 0.15) is 21.9 Å². The second-order valence-electron chi connectivity index (χ2n) is 5.95. The average Bonchev–Trinajstić information content (AvgIpc) is 2.72. The Kier molecular flexibility index (Phi) is 6.10. The average molecular weight is 415 g/mol. The minimum absolute atomic E-state index is 0.0220. The molecule has 1 aromatic heterocycles. The Morgan fingerprint density at radius 3 is 2.28 bits per heavy atom. The largest absolute Gasteiger partial charge is 0.481 e. The Morgan fingerprint density at radius 1 is 1.03 bits per heavy atom. The summed E-state index contributed by atoms with van der Waals surface area (Å²) >= 11 is 0. The van der Waals surface area contributed by atoms with Crippen LogP contribution in [0.15, 0.2) is 80.8 Å². The molecule has 2 N–H and O–H groups in total. The summed E-state index contributed by atoms with van der Waals surface area (Å²) in [5, 5.41) is 9.37. The van der Waals surface area contributed by atoms with Crippen LogP contribution in [0.5, 0.6) is 5.75 Å². The smallest absolute Gasteiger partial charge is 0.375 e. The van der Waals surface area contributed by atoms with E-state index in [1.54, 1.807) is 42.5 Å². The summed E-state index contributed by atoms with van der Waals surface area (Å²) in [6.07, 6.45) is 0. The number of hydrogen-bond donors (Lipinski definition) is 2. The standard InChI is InChI=1S/C20H17NO7S/c22-17-11-15(12-21-29(25,26)16-9-5-2-6-10-16)28-19(20(23)24)18(17)27-13-14-7-3-1-4-8-14/h1-11,21H,12-13H2,(H,23,24). The van der Waals surface area contributed by atoms with E-state index in [1.165, 1.54) is 12.1 Å². The molecule has 0 aliphatic carbocycles. The molecule has 0 saturated carbocycles. The van der Waals surface area contributed by atoms with Crippen molar-refractivity contribution in [2.45, 2.75) is 18.0 Å². The van der Waals surface area contributed by atoms with E-state index in [1.807, 2.05) is 6.07 Å². The molecule has 0 fully saturated rings. The SMILES string of the molecule is O=C(O)c1oc(CNS(=O)(=O)c2ccccc2)cc(=O)c1OCc1ccccc1. The van der Waals surface area contributed by atoms with E-state index in [2.05, 4.69) is 4.72 Å². The van der Waals surface area contributed by atoms with Crippen molar-refractivity contribution in [3.05, 3.63) is 94.0 Å². The number of carboxylic acids is 1. The monoisotopic (exact) mass is 415 g/mol. The summed E-state index contributed by atoms with van der Waals surface area (Å²) in [5.74, 6) is -2.80. The van der Waals surface area contributed by atoms with Crippen LogP contribution in [-0.2, 0) is 23.2 Å². The van der Waals surface area contributed by atoms with Gasteiger partial charge in [-0.15, -0.1) is 0 Å². The Labute approximate surface area is 166 Å². The first-order chi connectivity index (χ1) is 13.9. The van der Waals surface area contributed by atoms with Crippen LogP contribution < -0.4 is 14.9 Å². The van der Waals surface area contributed by atoms with Crippen LogP contribution in [0.25, 0.3) is 0 Å². The van der Waals surface area contributed by atoms with Crippen LogP contribution in [0.3, 0.4) is 0 Å². The molecule has 9 heteroatoms. The maximum Gasteiger partial charge on any atom is 0.375 e. The van der Waals surface area contributed by atoms with E-state index >= 15 is 0 Å². The maximum absolute atomic E-state index is 12.4. The molecular weight excluding hydrogens is 398 g/mol. The van der Waals surface area contributed by atoms with Crippen LogP contribution >= 0.6 is 0 Å². The van der Waals surface area contributed by atoms with E-state index in [4.69, 9.17) is 9.15 Å². The molecule has 0 bridgehead atoms. The molecule has 150 valence electrons. The van der Waals surface area contributed by atoms with Gasteiger partial charge in [-0.1, -0.05) is 48.5 Å². The second kappa shape index (κ2) is 8.72. The molecule has 0 aliphatic heterocycles. The lowest BCUT2D eigenvalue weighted by Gasteiger charge is -2.10. The molecule has 0 spiro atoms. The highest BCUT2D eigenvalue weighted by atomic mass is 32.2. The van der Waals surface area contributed by atoms with Gasteiger partial charge in [0.15, 0.2) is 0 Å². The van der Waals surface area contributed by atoms with Crippen LogP contribution in [0.2, 0.25) is 0 Å². The minimum Gasteiger partial charge on any atom is -0.481 e. The van der Waals surface area contributed by atoms with Gasteiger partial charge in [-0.3, -0.25) is 4.79 Å². The van der Waals surface area contributed by atoms with Gasteiger partial charge in [-0.25, -0.2) is 17.9 Å². The van der Waals surface area contributed by atoms with Gasteiger partial charge in [0.1, 0.15) is 12.4 Å². The summed E-state index contributed by atoms with van der Waals surface area (Å²) in [5.41, 5.74) is 0.0152. The fourth-order valence-electron chi connectivity index (χ4n) is 2.47. The number of ether oxygens (including phenoxy) is 1. The first kappa shape index (κ1) is 20.3. The summed E-state index contributed by atoms with van der Waals surface area (Å²) in [4.78, 5) is 23.9. The van der Waals surface area contributed by atoms with Gasteiger partial charge in [0.25, 0.3) is 5.76 Å². The third-order valence-corrected chi connectivity index (χ3v) is 5.28. The Balaban J connectivity index is 1.81. The first-order valence-electron chi connectivity index (χ1n) is 8.48. The molecule has 0 amide bonds.